The Morgan fingerprint density at radius 3 is 3.00 bits per heavy atom. The number of hydrogen-bond donors (Lipinski definition) is 1. The number of piperidine rings is 1. The molecule has 4 heteroatoms. The van der Waals surface area contributed by atoms with Gasteiger partial charge in [0.05, 0.1) is 6.20 Å². The third kappa shape index (κ3) is 1.18. The monoisotopic (exact) mass is 207 g/mol. The number of hydrogen-bond acceptors (Lipinski definition) is 4. The van der Waals surface area contributed by atoms with Crippen molar-refractivity contribution in [3.05, 3.63) is 17.5 Å². The molecule has 3 rings (SSSR count). The quantitative estimate of drug-likeness (QED) is 0.674. The lowest BCUT2D eigenvalue weighted by atomic mass is 9.72. The summed E-state index contributed by atoms with van der Waals surface area (Å²) in [7, 11) is 2.17. The van der Waals surface area contributed by atoms with Gasteiger partial charge in [-0.15, -0.1) is 0 Å². The smallest absolute Gasteiger partial charge is 0.142 e. The topological polar surface area (TPSA) is 55.3 Å². The SMILES string of the molecule is CN1CCC2(CC1)c1cnoc1C[C@H]2N. The number of likely N-dealkylation sites (tertiary alicyclic amines) is 1. The van der Waals surface area contributed by atoms with E-state index in [4.69, 9.17) is 10.3 Å². The van der Waals surface area contributed by atoms with Gasteiger partial charge >= 0.3 is 0 Å². The molecule has 1 atom stereocenters. The molecule has 1 fully saturated rings. The molecule has 2 N–H and O–H groups in total. The minimum Gasteiger partial charge on any atom is -0.361 e. The summed E-state index contributed by atoms with van der Waals surface area (Å²) in [5.74, 6) is 1.02. The Morgan fingerprint density at radius 2 is 2.27 bits per heavy atom. The highest BCUT2D eigenvalue weighted by molar-refractivity contribution is 5.36. The molecule has 2 aliphatic rings. The summed E-state index contributed by atoms with van der Waals surface area (Å²) < 4.78 is 5.26. The van der Waals surface area contributed by atoms with Gasteiger partial charge in [-0.05, 0) is 33.0 Å². The van der Waals surface area contributed by atoms with Gasteiger partial charge in [0.15, 0.2) is 0 Å². The molecular weight excluding hydrogens is 190 g/mol. The summed E-state index contributed by atoms with van der Waals surface area (Å²) in [6.45, 7) is 2.25. The maximum atomic E-state index is 6.28. The van der Waals surface area contributed by atoms with Crippen LogP contribution in [0.4, 0.5) is 0 Å². The fraction of sp³-hybridized carbons (Fsp3) is 0.727. The van der Waals surface area contributed by atoms with Crippen molar-refractivity contribution in [3.8, 4) is 0 Å². The van der Waals surface area contributed by atoms with Crippen LogP contribution in [0.15, 0.2) is 10.7 Å². The Balaban J connectivity index is 1.97. The predicted molar refractivity (Wildman–Crippen MR) is 56.6 cm³/mol. The molecule has 0 saturated carbocycles. The van der Waals surface area contributed by atoms with Crippen molar-refractivity contribution in [1.82, 2.24) is 10.1 Å². The van der Waals surface area contributed by atoms with E-state index in [1.807, 2.05) is 6.20 Å². The van der Waals surface area contributed by atoms with Crippen molar-refractivity contribution in [2.24, 2.45) is 5.73 Å². The van der Waals surface area contributed by atoms with Crippen molar-refractivity contribution in [3.63, 3.8) is 0 Å². The van der Waals surface area contributed by atoms with Gasteiger partial charge in [-0.2, -0.15) is 0 Å². The minimum absolute atomic E-state index is 0.155. The molecule has 82 valence electrons. The van der Waals surface area contributed by atoms with Gasteiger partial charge in [0.25, 0.3) is 0 Å². The Labute approximate surface area is 89.4 Å². The molecule has 2 heterocycles. The average molecular weight is 207 g/mol. The second kappa shape index (κ2) is 3.06. The fourth-order valence-electron chi connectivity index (χ4n) is 3.07. The number of aromatic nitrogens is 1. The number of rotatable bonds is 0. The molecule has 1 aliphatic carbocycles. The molecular formula is C11H17N3O. The van der Waals surface area contributed by atoms with Crippen LogP contribution in [-0.2, 0) is 11.8 Å². The second-order valence-corrected chi connectivity index (χ2v) is 4.93. The first-order chi connectivity index (χ1) is 7.22. The van der Waals surface area contributed by atoms with E-state index in [0.717, 1.165) is 38.1 Å². The largest absolute Gasteiger partial charge is 0.361 e. The molecule has 1 saturated heterocycles. The van der Waals surface area contributed by atoms with Gasteiger partial charge in [0.1, 0.15) is 5.76 Å². The first kappa shape index (κ1) is 9.36. The maximum absolute atomic E-state index is 6.28. The zero-order valence-electron chi connectivity index (χ0n) is 9.07. The fourth-order valence-corrected chi connectivity index (χ4v) is 3.07. The van der Waals surface area contributed by atoms with E-state index in [1.165, 1.54) is 5.56 Å². The van der Waals surface area contributed by atoms with Crippen LogP contribution in [0, 0.1) is 0 Å². The van der Waals surface area contributed by atoms with Gasteiger partial charge in [0, 0.05) is 23.4 Å². The van der Waals surface area contributed by atoms with E-state index < -0.39 is 0 Å². The van der Waals surface area contributed by atoms with Crippen molar-refractivity contribution in [1.29, 1.82) is 0 Å². The van der Waals surface area contributed by atoms with Crippen LogP contribution < -0.4 is 5.73 Å². The van der Waals surface area contributed by atoms with Crippen LogP contribution in [0.5, 0.6) is 0 Å². The van der Waals surface area contributed by atoms with Crippen LogP contribution in [0.3, 0.4) is 0 Å². The van der Waals surface area contributed by atoms with Crippen LogP contribution in [0.1, 0.15) is 24.2 Å². The Kier molecular flexibility index (Phi) is 1.91. The lowest BCUT2D eigenvalue weighted by molar-refractivity contribution is 0.171. The standard InChI is InChI=1S/C11H17N3O/c1-14-4-2-11(3-5-14)8-7-13-15-9(8)6-10(11)12/h7,10H,2-6,12H2,1H3/t10-/m1/s1. The molecule has 15 heavy (non-hydrogen) atoms. The molecule has 0 aromatic carbocycles. The van der Waals surface area contributed by atoms with E-state index >= 15 is 0 Å². The first-order valence-electron chi connectivity index (χ1n) is 5.60. The normalized spacial score (nSPS) is 29.6. The van der Waals surface area contributed by atoms with E-state index in [2.05, 4.69) is 17.1 Å². The Bertz CT molecular complexity index is 366. The third-order valence-electron chi connectivity index (χ3n) is 4.18. The van der Waals surface area contributed by atoms with Gasteiger partial charge in [0.2, 0.25) is 0 Å². The molecule has 0 radical (unpaired) electrons. The van der Waals surface area contributed by atoms with Crippen LogP contribution in [0.2, 0.25) is 0 Å². The van der Waals surface area contributed by atoms with Gasteiger partial charge in [-0.25, -0.2) is 0 Å². The molecule has 0 unspecified atom stereocenters. The third-order valence-corrected chi connectivity index (χ3v) is 4.18. The summed E-state index contributed by atoms with van der Waals surface area (Å²) in [4.78, 5) is 2.36. The summed E-state index contributed by atoms with van der Waals surface area (Å²) in [6.07, 6.45) is 5.02. The van der Waals surface area contributed by atoms with E-state index in [9.17, 15) is 0 Å². The highest BCUT2D eigenvalue weighted by Gasteiger charge is 2.48. The predicted octanol–water partition coefficient (Wildman–Crippen LogP) is 0.521. The zero-order valence-corrected chi connectivity index (χ0v) is 9.07. The Hall–Kier alpha value is -0.870. The maximum Gasteiger partial charge on any atom is 0.142 e. The lowest BCUT2D eigenvalue weighted by Crippen LogP contribution is -2.49. The van der Waals surface area contributed by atoms with Gasteiger partial charge in [-0.3, -0.25) is 0 Å². The molecule has 4 nitrogen and oxygen atoms in total. The second-order valence-electron chi connectivity index (χ2n) is 4.93. The van der Waals surface area contributed by atoms with Crippen LogP contribution in [0.25, 0.3) is 0 Å². The van der Waals surface area contributed by atoms with Crippen LogP contribution in [-0.4, -0.2) is 36.2 Å². The molecule has 1 spiro atoms. The Morgan fingerprint density at radius 1 is 1.53 bits per heavy atom. The average Bonchev–Trinajstić information content (AvgIpc) is 2.75. The number of nitrogens with zero attached hydrogens (tertiary/aromatic N) is 2. The van der Waals surface area contributed by atoms with E-state index in [0.29, 0.717) is 0 Å². The molecule has 0 bridgehead atoms. The summed E-state index contributed by atoms with van der Waals surface area (Å²) in [5, 5.41) is 3.90. The summed E-state index contributed by atoms with van der Waals surface area (Å²) in [6, 6.07) is 0.225. The number of fused-ring (bicyclic) bond motifs is 2. The van der Waals surface area contributed by atoms with E-state index in [-0.39, 0.29) is 11.5 Å². The van der Waals surface area contributed by atoms with E-state index in [1.54, 1.807) is 0 Å². The summed E-state index contributed by atoms with van der Waals surface area (Å²) in [5.41, 5.74) is 7.71. The molecule has 1 aromatic rings. The lowest BCUT2D eigenvalue weighted by Gasteiger charge is -2.40. The molecule has 1 aromatic heterocycles. The minimum atomic E-state index is 0.155. The van der Waals surface area contributed by atoms with Gasteiger partial charge < -0.3 is 15.2 Å². The van der Waals surface area contributed by atoms with Crippen molar-refractivity contribution < 1.29 is 4.52 Å². The van der Waals surface area contributed by atoms with Crippen molar-refractivity contribution >= 4 is 0 Å². The first-order valence-corrected chi connectivity index (χ1v) is 5.60. The zero-order chi connectivity index (χ0) is 10.5. The number of nitrogens with two attached hydrogens (primary N) is 1. The molecule has 0 amide bonds. The molecule has 1 aliphatic heterocycles. The van der Waals surface area contributed by atoms with Gasteiger partial charge in [-0.1, -0.05) is 5.16 Å². The summed E-state index contributed by atoms with van der Waals surface area (Å²) >= 11 is 0. The van der Waals surface area contributed by atoms with Crippen molar-refractivity contribution in [2.75, 3.05) is 20.1 Å². The van der Waals surface area contributed by atoms with Crippen molar-refractivity contribution in [2.45, 2.75) is 30.7 Å². The highest BCUT2D eigenvalue weighted by Crippen LogP contribution is 2.45. The van der Waals surface area contributed by atoms with Crippen LogP contribution >= 0.6 is 0 Å². The highest BCUT2D eigenvalue weighted by atomic mass is 16.5.